The zero-order valence-corrected chi connectivity index (χ0v) is 18.7. The third-order valence-electron chi connectivity index (χ3n) is 5.69. The molecular formula is C25H27N5O3. The van der Waals surface area contributed by atoms with Crippen molar-refractivity contribution in [3.05, 3.63) is 70.5 Å². The number of allylic oxidation sites excluding steroid dienone is 1. The van der Waals surface area contributed by atoms with E-state index >= 15 is 0 Å². The van der Waals surface area contributed by atoms with Gasteiger partial charge in [0.05, 0.1) is 11.3 Å². The van der Waals surface area contributed by atoms with Crippen LogP contribution in [0.25, 0.3) is 10.8 Å². The van der Waals surface area contributed by atoms with Crippen molar-refractivity contribution in [1.29, 1.82) is 0 Å². The highest BCUT2D eigenvalue weighted by molar-refractivity contribution is 6.05. The first-order valence-corrected chi connectivity index (χ1v) is 10.8. The SMILES string of the molecule is C/C=C/C(=O)Nc1ccc2c(=O)[nH]c(O)c(C=Nc3ccc(N4CCN(C)CC4)cc3)c2c1. The number of pyridine rings is 1. The second kappa shape index (κ2) is 9.70. The summed E-state index contributed by atoms with van der Waals surface area (Å²) in [4.78, 5) is 35.8. The summed E-state index contributed by atoms with van der Waals surface area (Å²) < 4.78 is 0. The van der Waals surface area contributed by atoms with E-state index in [1.165, 1.54) is 12.3 Å². The van der Waals surface area contributed by atoms with Crippen LogP contribution in [0.2, 0.25) is 0 Å². The third kappa shape index (κ3) is 5.12. The molecule has 170 valence electrons. The van der Waals surface area contributed by atoms with Gasteiger partial charge in [-0.05, 0) is 62.5 Å². The van der Waals surface area contributed by atoms with Crippen molar-refractivity contribution in [3.8, 4) is 5.88 Å². The molecule has 4 rings (SSSR count). The molecule has 0 saturated carbocycles. The number of hydrogen-bond donors (Lipinski definition) is 3. The van der Waals surface area contributed by atoms with Gasteiger partial charge in [0, 0.05) is 54.5 Å². The Kier molecular flexibility index (Phi) is 6.55. The fraction of sp³-hybridized carbons (Fsp3) is 0.240. The number of aromatic hydroxyl groups is 1. The number of fused-ring (bicyclic) bond motifs is 1. The third-order valence-corrected chi connectivity index (χ3v) is 5.69. The van der Waals surface area contributed by atoms with E-state index < -0.39 is 5.56 Å². The van der Waals surface area contributed by atoms with Gasteiger partial charge in [-0.3, -0.25) is 19.6 Å². The second-order valence-electron chi connectivity index (χ2n) is 8.03. The zero-order valence-electron chi connectivity index (χ0n) is 18.7. The number of piperazine rings is 1. The Morgan fingerprint density at radius 2 is 1.82 bits per heavy atom. The summed E-state index contributed by atoms with van der Waals surface area (Å²) in [7, 11) is 2.13. The van der Waals surface area contributed by atoms with E-state index in [1.807, 2.05) is 24.3 Å². The number of nitrogens with one attached hydrogen (secondary N) is 2. The van der Waals surface area contributed by atoms with E-state index in [0.29, 0.717) is 22.0 Å². The topological polar surface area (TPSA) is 101 Å². The van der Waals surface area contributed by atoms with Crippen molar-refractivity contribution in [2.75, 3.05) is 43.4 Å². The van der Waals surface area contributed by atoms with Gasteiger partial charge in [-0.1, -0.05) is 6.08 Å². The summed E-state index contributed by atoms with van der Waals surface area (Å²) >= 11 is 0. The Balaban J connectivity index is 1.62. The molecule has 2 heterocycles. The van der Waals surface area contributed by atoms with E-state index in [0.717, 1.165) is 37.6 Å². The van der Waals surface area contributed by atoms with E-state index in [4.69, 9.17) is 0 Å². The van der Waals surface area contributed by atoms with Crippen LogP contribution in [0, 0.1) is 0 Å². The number of hydrogen-bond acceptors (Lipinski definition) is 6. The van der Waals surface area contributed by atoms with Gasteiger partial charge in [-0.2, -0.15) is 0 Å². The van der Waals surface area contributed by atoms with Gasteiger partial charge in [-0.25, -0.2) is 0 Å². The average Bonchev–Trinajstić information content (AvgIpc) is 2.80. The number of aromatic amines is 1. The van der Waals surface area contributed by atoms with E-state index in [2.05, 4.69) is 32.1 Å². The highest BCUT2D eigenvalue weighted by Gasteiger charge is 2.14. The monoisotopic (exact) mass is 445 g/mol. The molecule has 0 radical (unpaired) electrons. The van der Waals surface area contributed by atoms with Crippen LogP contribution >= 0.6 is 0 Å². The van der Waals surface area contributed by atoms with Crippen molar-refractivity contribution in [2.45, 2.75) is 6.92 Å². The number of carbonyl (C=O) groups is 1. The van der Waals surface area contributed by atoms with Crippen molar-refractivity contribution in [3.63, 3.8) is 0 Å². The first kappa shape index (κ1) is 22.3. The summed E-state index contributed by atoms with van der Waals surface area (Å²) in [6, 6.07) is 12.9. The average molecular weight is 446 g/mol. The molecule has 8 heteroatoms. The predicted molar refractivity (Wildman–Crippen MR) is 133 cm³/mol. The number of nitrogens with zero attached hydrogens (tertiary/aromatic N) is 3. The van der Waals surface area contributed by atoms with E-state index in [9.17, 15) is 14.7 Å². The van der Waals surface area contributed by atoms with Crippen molar-refractivity contribution < 1.29 is 9.90 Å². The lowest BCUT2D eigenvalue weighted by Crippen LogP contribution is -2.44. The molecule has 0 unspecified atom stereocenters. The Hall–Kier alpha value is -3.91. The Morgan fingerprint density at radius 1 is 1.09 bits per heavy atom. The fourth-order valence-corrected chi connectivity index (χ4v) is 3.83. The quantitative estimate of drug-likeness (QED) is 0.413. The summed E-state index contributed by atoms with van der Waals surface area (Å²) in [6.45, 7) is 5.81. The number of H-pyrrole nitrogens is 1. The summed E-state index contributed by atoms with van der Waals surface area (Å²) in [5.41, 5.74) is 2.35. The van der Waals surface area contributed by atoms with Crippen molar-refractivity contribution in [2.24, 2.45) is 4.99 Å². The molecule has 0 spiro atoms. The first-order chi connectivity index (χ1) is 15.9. The number of likely N-dealkylation sites (N-methyl/N-ethyl adjacent to an activating group) is 1. The van der Waals surface area contributed by atoms with Crippen LogP contribution in [0.5, 0.6) is 5.88 Å². The van der Waals surface area contributed by atoms with Crippen LogP contribution in [-0.2, 0) is 4.79 Å². The summed E-state index contributed by atoms with van der Waals surface area (Å²) in [6.07, 6.45) is 4.57. The van der Waals surface area contributed by atoms with Crippen LogP contribution < -0.4 is 15.8 Å². The molecule has 2 aromatic carbocycles. The minimum atomic E-state index is -0.414. The standard InChI is InChI=1S/C25H27N5O3/c1-3-4-23(31)27-18-7-10-20-21(15-18)22(25(33)28-24(20)32)16-26-17-5-8-19(9-6-17)30-13-11-29(2)12-14-30/h3-10,15-16H,11-14H2,1-2H3,(H,27,31)(H2,28,32,33)/b4-3+,26-16?. The predicted octanol–water partition coefficient (Wildman–Crippen LogP) is 3.25. The molecule has 1 aromatic heterocycles. The van der Waals surface area contributed by atoms with Gasteiger partial charge in [0.1, 0.15) is 0 Å². The lowest BCUT2D eigenvalue weighted by atomic mass is 10.1. The minimum Gasteiger partial charge on any atom is -0.494 e. The maximum atomic E-state index is 12.3. The van der Waals surface area contributed by atoms with Gasteiger partial charge in [-0.15, -0.1) is 0 Å². The number of aliphatic imine (C=N–C) groups is 1. The molecule has 3 aromatic rings. The number of anilines is 2. The second-order valence-corrected chi connectivity index (χ2v) is 8.03. The molecule has 3 N–H and O–H groups in total. The summed E-state index contributed by atoms with van der Waals surface area (Å²) in [5.74, 6) is -0.552. The molecule has 1 amide bonds. The molecule has 1 aliphatic heterocycles. The molecule has 33 heavy (non-hydrogen) atoms. The molecule has 1 aliphatic rings. The number of carbonyl (C=O) groups excluding carboxylic acids is 1. The fourth-order valence-electron chi connectivity index (χ4n) is 3.83. The van der Waals surface area contributed by atoms with Crippen LogP contribution in [0.15, 0.2) is 64.4 Å². The number of benzene rings is 2. The molecule has 1 saturated heterocycles. The van der Waals surface area contributed by atoms with Gasteiger partial charge in [0.15, 0.2) is 0 Å². The lowest BCUT2D eigenvalue weighted by Gasteiger charge is -2.34. The van der Waals surface area contributed by atoms with Crippen LogP contribution in [0.4, 0.5) is 17.1 Å². The molecule has 0 atom stereocenters. The normalized spacial score (nSPS) is 15.0. The van der Waals surface area contributed by atoms with Crippen molar-refractivity contribution in [1.82, 2.24) is 9.88 Å². The zero-order chi connectivity index (χ0) is 23.4. The maximum Gasteiger partial charge on any atom is 0.258 e. The molecule has 1 fully saturated rings. The highest BCUT2D eigenvalue weighted by Crippen LogP contribution is 2.26. The molecule has 0 aliphatic carbocycles. The summed E-state index contributed by atoms with van der Waals surface area (Å²) in [5, 5.41) is 14.0. The Bertz CT molecular complexity index is 1270. The first-order valence-electron chi connectivity index (χ1n) is 10.8. The highest BCUT2D eigenvalue weighted by atomic mass is 16.3. The van der Waals surface area contributed by atoms with Crippen LogP contribution in [0.3, 0.4) is 0 Å². The van der Waals surface area contributed by atoms with Crippen LogP contribution in [-0.4, -0.2) is 60.3 Å². The Morgan fingerprint density at radius 3 is 2.52 bits per heavy atom. The van der Waals surface area contributed by atoms with Crippen LogP contribution in [0.1, 0.15) is 12.5 Å². The van der Waals surface area contributed by atoms with Gasteiger partial charge in [0.2, 0.25) is 11.8 Å². The lowest BCUT2D eigenvalue weighted by molar-refractivity contribution is -0.111. The molecule has 8 nitrogen and oxygen atoms in total. The van der Waals surface area contributed by atoms with Gasteiger partial charge >= 0.3 is 0 Å². The van der Waals surface area contributed by atoms with Gasteiger partial charge in [0.25, 0.3) is 5.56 Å². The largest absolute Gasteiger partial charge is 0.494 e. The Labute approximate surface area is 191 Å². The van der Waals surface area contributed by atoms with Gasteiger partial charge < -0.3 is 20.2 Å². The molecule has 0 bridgehead atoms. The molecular weight excluding hydrogens is 418 g/mol. The van der Waals surface area contributed by atoms with E-state index in [1.54, 1.807) is 31.2 Å². The van der Waals surface area contributed by atoms with E-state index in [-0.39, 0.29) is 11.8 Å². The number of amides is 1. The maximum absolute atomic E-state index is 12.3. The smallest absolute Gasteiger partial charge is 0.258 e. The van der Waals surface area contributed by atoms with Crippen molar-refractivity contribution >= 4 is 40.0 Å². The minimum absolute atomic E-state index is 0.276. The number of rotatable bonds is 5. The number of aromatic nitrogens is 1.